The quantitative estimate of drug-likeness (QED) is 0.453. The van der Waals surface area contributed by atoms with E-state index in [4.69, 9.17) is 8.85 Å². The van der Waals surface area contributed by atoms with Gasteiger partial charge in [-0.2, -0.15) is 0 Å². The second-order valence-electron chi connectivity index (χ2n) is 6.84. The van der Waals surface area contributed by atoms with Crippen LogP contribution in [0.5, 0.6) is 0 Å². The van der Waals surface area contributed by atoms with Gasteiger partial charge in [0.1, 0.15) is 0 Å². The van der Waals surface area contributed by atoms with E-state index in [1.807, 2.05) is 0 Å². The second-order valence-corrected chi connectivity index (χ2v) is 10.0. The molecule has 0 aromatic carbocycles. The zero-order valence-corrected chi connectivity index (χ0v) is 15.2. The fourth-order valence-electron chi connectivity index (χ4n) is 4.27. The minimum absolute atomic E-state index is 0.703. The molecule has 2 saturated carbocycles. The van der Waals surface area contributed by atoms with Crippen molar-refractivity contribution in [2.75, 3.05) is 13.2 Å². The van der Waals surface area contributed by atoms with E-state index >= 15 is 0 Å². The Balaban J connectivity index is 2.07. The lowest BCUT2D eigenvalue weighted by Crippen LogP contribution is -2.50. The zero-order valence-electron chi connectivity index (χ0n) is 14.2. The smallest absolute Gasteiger partial charge is 0.345 e. The molecular weight excluding hydrogens is 276 g/mol. The fourth-order valence-corrected chi connectivity index (χ4v) is 8.40. The molecule has 0 saturated heterocycles. The predicted octanol–water partition coefficient (Wildman–Crippen LogP) is 5.55. The lowest BCUT2D eigenvalue weighted by atomic mass is 10.0. The van der Waals surface area contributed by atoms with Crippen molar-refractivity contribution in [3.8, 4) is 0 Å². The molecule has 21 heavy (non-hydrogen) atoms. The maximum atomic E-state index is 6.41. The van der Waals surface area contributed by atoms with Gasteiger partial charge in [-0.25, -0.2) is 0 Å². The Hall–Kier alpha value is 0.137. The third kappa shape index (κ3) is 5.07. The first-order valence-corrected chi connectivity index (χ1v) is 11.4. The third-order valence-electron chi connectivity index (χ3n) is 5.28. The molecular formula is C18H35O2Si. The van der Waals surface area contributed by atoms with Gasteiger partial charge < -0.3 is 8.85 Å². The summed E-state index contributed by atoms with van der Waals surface area (Å²) < 4.78 is 12.8. The van der Waals surface area contributed by atoms with Gasteiger partial charge in [0.2, 0.25) is 0 Å². The highest BCUT2D eigenvalue weighted by atomic mass is 28.4. The number of hydrogen-bond donors (Lipinski definition) is 0. The molecule has 2 fully saturated rings. The van der Waals surface area contributed by atoms with E-state index in [1.165, 1.54) is 70.6 Å². The summed E-state index contributed by atoms with van der Waals surface area (Å²) in [4.78, 5) is 0. The van der Waals surface area contributed by atoms with Crippen molar-refractivity contribution >= 4 is 8.56 Å². The van der Waals surface area contributed by atoms with E-state index in [1.54, 1.807) is 0 Å². The summed E-state index contributed by atoms with van der Waals surface area (Å²) in [6, 6.07) is 2.63. The van der Waals surface area contributed by atoms with Gasteiger partial charge in [0, 0.05) is 24.8 Å². The molecule has 3 heteroatoms. The molecule has 0 spiro atoms. The van der Waals surface area contributed by atoms with E-state index in [9.17, 15) is 0 Å². The molecule has 2 nitrogen and oxygen atoms in total. The highest BCUT2D eigenvalue weighted by molar-refractivity contribution is 6.72. The van der Waals surface area contributed by atoms with Gasteiger partial charge in [-0.05, 0) is 32.6 Å². The molecule has 2 aliphatic carbocycles. The molecule has 0 aromatic heterocycles. The highest BCUT2D eigenvalue weighted by Crippen LogP contribution is 2.42. The summed E-state index contributed by atoms with van der Waals surface area (Å²) in [7, 11) is -2.13. The van der Waals surface area contributed by atoms with Crippen LogP contribution in [0, 0.1) is 12.0 Å². The van der Waals surface area contributed by atoms with Crippen LogP contribution in [-0.2, 0) is 8.85 Å². The van der Waals surface area contributed by atoms with Crippen molar-refractivity contribution in [1.29, 1.82) is 0 Å². The van der Waals surface area contributed by atoms with Crippen LogP contribution in [0.2, 0.25) is 5.54 Å². The lowest BCUT2D eigenvalue weighted by molar-refractivity contribution is 0.167. The molecule has 123 valence electrons. The van der Waals surface area contributed by atoms with Gasteiger partial charge in [0.25, 0.3) is 0 Å². The summed E-state index contributed by atoms with van der Waals surface area (Å²) in [6.45, 7) is 5.91. The van der Waals surface area contributed by atoms with Crippen LogP contribution in [0.4, 0.5) is 0 Å². The Morgan fingerprint density at radius 3 is 1.76 bits per heavy atom. The molecule has 0 unspecified atom stereocenters. The molecule has 0 N–H and O–H groups in total. The standard InChI is InChI=1S/C18H35O2Si/c1-3-19-21(20-4-2,18-14-10-7-11-15-18)16-17-12-8-5-6-9-13-17/h16-18H,3-15H2,1-2H3. The molecule has 0 aromatic rings. The summed E-state index contributed by atoms with van der Waals surface area (Å²) in [5.74, 6) is 0.749. The van der Waals surface area contributed by atoms with Crippen molar-refractivity contribution in [3.63, 3.8) is 0 Å². The maximum absolute atomic E-state index is 6.41. The molecule has 2 rings (SSSR count). The molecule has 0 heterocycles. The van der Waals surface area contributed by atoms with Crippen molar-refractivity contribution in [3.05, 3.63) is 6.04 Å². The van der Waals surface area contributed by atoms with Gasteiger partial charge in [0.15, 0.2) is 0 Å². The first-order valence-electron chi connectivity index (χ1n) is 9.44. The normalized spacial score (nSPS) is 23.1. The van der Waals surface area contributed by atoms with Crippen LogP contribution >= 0.6 is 0 Å². The van der Waals surface area contributed by atoms with Crippen LogP contribution in [-0.4, -0.2) is 21.8 Å². The fraction of sp³-hybridized carbons (Fsp3) is 0.944. The van der Waals surface area contributed by atoms with Gasteiger partial charge >= 0.3 is 8.56 Å². The van der Waals surface area contributed by atoms with Crippen molar-refractivity contribution in [2.45, 2.75) is 90.0 Å². The van der Waals surface area contributed by atoms with Crippen molar-refractivity contribution in [1.82, 2.24) is 0 Å². The largest absolute Gasteiger partial charge is 0.394 e. The monoisotopic (exact) mass is 311 g/mol. The molecule has 0 bridgehead atoms. The molecule has 0 atom stereocenters. The molecule has 1 radical (unpaired) electrons. The number of hydrogen-bond acceptors (Lipinski definition) is 2. The summed E-state index contributed by atoms with van der Waals surface area (Å²) in [5.41, 5.74) is 0.703. The Bertz CT molecular complexity index is 262. The first-order chi connectivity index (χ1) is 10.3. The molecule has 0 amide bonds. The minimum atomic E-state index is -2.13. The van der Waals surface area contributed by atoms with Gasteiger partial charge in [-0.3, -0.25) is 0 Å². The summed E-state index contributed by atoms with van der Waals surface area (Å²) >= 11 is 0. The summed E-state index contributed by atoms with van der Waals surface area (Å²) in [5, 5.41) is 0. The van der Waals surface area contributed by atoms with E-state index in [0.29, 0.717) is 5.54 Å². The van der Waals surface area contributed by atoms with Crippen LogP contribution < -0.4 is 0 Å². The Morgan fingerprint density at radius 1 is 0.762 bits per heavy atom. The summed E-state index contributed by atoms with van der Waals surface area (Å²) in [6.07, 6.45) is 15.2. The zero-order chi connectivity index (χ0) is 15.0. The highest BCUT2D eigenvalue weighted by Gasteiger charge is 2.47. The van der Waals surface area contributed by atoms with Crippen molar-refractivity contribution < 1.29 is 8.85 Å². The molecule has 2 aliphatic rings. The van der Waals surface area contributed by atoms with E-state index in [0.717, 1.165) is 19.1 Å². The van der Waals surface area contributed by atoms with E-state index in [2.05, 4.69) is 19.9 Å². The van der Waals surface area contributed by atoms with Crippen LogP contribution in [0.3, 0.4) is 0 Å². The lowest BCUT2D eigenvalue weighted by Gasteiger charge is -2.40. The minimum Gasteiger partial charge on any atom is -0.394 e. The number of rotatable bonds is 7. The second kappa shape index (κ2) is 9.31. The molecule has 0 aliphatic heterocycles. The average Bonchev–Trinajstić information content (AvgIpc) is 2.77. The van der Waals surface area contributed by atoms with Crippen molar-refractivity contribution in [2.24, 2.45) is 5.92 Å². The van der Waals surface area contributed by atoms with Gasteiger partial charge in [-0.1, -0.05) is 57.8 Å². The SMILES string of the molecule is CCO[Si]([CH]C1CCCCCC1)(OCC)C1CCCCC1. The predicted molar refractivity (Wildman–Crippen MR) is 91.3 cm³/mol. The Morgan fingerprint density at radius 2 is 1.24 bits per heavy atom. The van der Waals surface area contributed by atoms with Crippen LogP contribution in [0.1, 0.15) is 84.5 Å². The maximum Gasteiger partial charge on any atom is 0.345 e. The first kappa shape index (κ1) is 17.5. The van der Waals surface area contributed by atoms with Gasteiger partial charge in [0.05, 0.1) is 0 Å². The topological polar surface area (TPSA) is 18.5 Å². The Kier molecular flexibility index (Phi) is 7.76. The van der Waals surface area contributed by atoms with E-state index < -0.39 is 8.56 Å². The van der Waals surface area contributed by atoms with Crippen LogP contribution in [0.25, 0.3) is 0 Å². The van der Waals surface area contributed by atoms with Gasteiger partial charge in [-0.15, -0.1) is 0 Å². The Labute approximate surface area is 133 Å². The van der Waals surface area contributed by atoms with Crippen LogP contribution in [0.15, 0.2) is 0 Å². The third-order valence-corrected chi connectivity index (χ3v) is 9.41. The average molecular weight is 312 g/mol. The van der Waals surface area contributed by atoms with E-state index in [-0.39, 0.29) is 0 Å².